The molecule has 1 aromatic heterocycles. The quantitative estimate of drug-likeness (QED) is 0.936. The number of para-hydroxylation sites is 1. The van der Waals surface area contributed by atoms with Crippen LogP contribution in [0.3, 0.4) is 0 Å². The first kappa shape index (κ1) is 11.2. The van der Waals surface area contributed by atoms with E-state index in [2.05, 4.69) is 39.3 Å². The Hall–Kier alpha value is -1.29. The lowest BCUT2D eigenvalue weighted by Crippen LogP contribution is -2.01. The third kappa shape index (κ3) is 2.27. The largest absolute Gasteiger partial charge is 0.380 e. The van der Waals surface area contributed by atoms with Gasteiger partial charge >= 0.3 is 0 Å². The second-order valence-electron chi connectivity index (χ2n) is 3.71. The molecule has 2 rings (SSSR count). The fraction of sp³-hybridized carbons (Fsp3) is 0.250. The van der Waals surface area contributed by atoms with Crippen molar-refractivity contribution < 1.29 is 0 Å². The number of rotatable bonds is 3. The Kier molecular flexibility index (Phi) is 3.29. The van der Waals surface area contributed by atoms with Crippen molar-refractivity contribution in [1.29, 1.82) is 0 Å². The molecule has 0 aliphatic carbocycles. The van der Waals surface area contributed by atoms with Gasteiger partial charge < -0.3 is 5.32 Å². The van der Waals surface area contributed by atoms with Gasteiger partial charge in [0.15, 0.2) is 0 Å². The number of halogens is 1. The van der Waals surface area contributed by atoms with E-state index in [0.29, 0.717) is 0 Å². The molecule has 0 radical (unpaired) electrons. The lowest BCUT2D eigenvalue weighted by Gasteiger charge is -2.07. The topological polar surface area (TPSA) is 29.9 Å². The van der Waals surface area contributed by atoms with Gasteiger partial charge in [-0.2, -0.15) is 5.10 Å². The molecule has 1 N–H and O–H groups in total. The molecule has 0 aliphatic rings. The molecule has 0 saturated carbocycles. The van der Waals surface area contributed by atoms with E-state index in [0.717, 1.165) is 16.7 Å². The summed E-state index contributed by atoms with van der Waals surface area (Å²) in [5, 5.41) is 7.60. The predicted molar refractivity (Wildman–Crippen MR) is 69.4 cm³/mol. The number of aromatic nitrogens is 2. The molecule has 0 fully saturated rings. The molecule has 2 aromatic rings. The highest BCUT2D eigenvalue weighted by Crippen LogP contribution is 2.22. The molecule has 3 nitrogen and oxygen atoms in total. The Morgan fingerprint density at radius 1 is 1.38 bits per heavy atom. The third-order valence-electron chi connectivity index (χ3n) is 2.68. The Morgan fingerprint density at radius 3 is 2.75 bits per heavy atom. The normalized spacial score (nSPS) is 10.4. The average molecular weight is 280 g/mol. The molecular formula is C12H14BrN3. The summed E-state index contributed by atoms with van der Waals surface area (Å²) in [6.07, 6.45) is 1.90. The smallest absolute Gasteiger partial charge is 0.0542 e. The molecule has 0 aliphatic heterocycles. The SMILES string of the molecule is Cc1c(CNc2ccccc2Br)cnn1C. The fourth-order valence-corrected chi connectivity index (χ4v) is 1.94. The van der Waals surface area contributed by atoms with Crippen molar-refractivity contribution in [3.8, 4) is 0 Å². The average Bonchev–Trinajstić information content (AvgIpc) is 2.59. The monoisotopic (exact) mass is 279 g/mol. The molecule has 4 heteroatoms. The van der Waals surface area contributed by atoms with Gasteiger partial charge in [0.1, 0.15) is 0 Å². The van der Waals surface area contributed by atoms with Gasteiger partial charge in [-0.05, 0) is 35.0 Å². The summed E-state index contributed by atoms with van der Waals surface area (Å²) >= 11 is 3.51. The van der Waals surface area contributed by atoms with Crippen LogP contribution in [0.25, 0.3) is 0 Å². The van der Waals surface area contributed by atoms with Crippen molar-refractivity contribution in [3.05, 3.63) is 46.2 Å². The predicted octanol–water partition coefficient (Wildman–Crippen LogP) is 3.10. The van der Waals surface area contributed by atoms with E-state index in [1.807, 2.05) is 36.1 Å². The first-order chi connectivity index (χ1) is 7.68. The summed E-state index contributed by atoms with van der Waals surface area (Å²) in [6.45, 7) is 2.87. The summed E-state index contributed by atoms with van der Waals surface area (Å²) in [6, 6.07) is 8.10. The minimum Gasteiger partial charge on any atom is -0.380 e. The molecule has 84 valence electrons. The Balaban J connectivity index is 2.08. The zero-order valence-electron chi connectivity index (χ0n) is 9.37. The van der Waals surface area contributed by atoms with Crippen LogP contribution in [0, 0.1) is 6.92 Å². The van der Waals surface area contributed by atoms with Gasteiger partial charge in [-0.1, -0.05) is 12.1 Å². The van der Waals surface area contributed by atoms with Crippen LogP contribution >= 0.6 is 15.9 Å². The molecule has 0 amide bonds. The Labute approximate surface area is 104 Å². The van der Waals surface area contributed by atoms with E-state index in [1.165, 1.54) is 11.3 Å². The van der Waals surface area contributed by atoms with Crippen LogP contribution in [-0.2, 0) is 13.6 Å². The van der Waals surface area contributed by atoms with Crippen molar-refractivity contribution >= 4 is 21.6 Å². The molecule has 0 bridgehead atoms. The maximum absolute atomic E-state index is 4.22. The van der Waals surface area contributed by atoms with Gasteiger partial charge in [0.25, 0.3) is 0 Å². The van der Waals surface area contributed by atoms with Gasteiger partial charge in [0, 0.05) is 35.0 Å². The van der Waals surface area contributed by atoms with Gasteiger partial charge in [-0.15, -0.1) is 0 Å². The summed E-state index contributed by atoms with van der Waals surface area (Å²) in [5.74, 6) is 0. The summed E-state index contributed by atoms with van der Waals surface area (Å²) in [4.78, 5) is 0. The van der Waals surface area contributed by atoms with E-state index in [4.69, 9.17) is 0 Å². The second kappa shape index (κ2) is 4.70. The van der Waals surface area contributed by atoms with Crippen LogP contribution < -0.4 is 5.32 Å². The minimum absolute atomic E-state index is 0.794. The van der Waals surface area contributed by atoms with Crippen LogP contribution in [0.15, 0.2) is 34.9 Å². The van der Waals surface area contributed by atoms with Crippen molar-refractivity contribution in [2.45, 2.75) is 13.5 Å². The van der Waals surface area contributed by atoms with Crippen LogP contribution in [0.5, 0.6) is 0 Å². The number of benzene rings is 1. The van der Waals surface area contributed by atoms with Gasteiger partial charge in [0.05, 0.1) is 6.20 Å². The minimum atomic E-state index is 0.794. The molecule has 1 heterocycles. The summed E-state index contributed by atoms with van der Waals surface area (Å²) in [5.41, 5.74) is 3.52. The molecule has 0 saturated heterocycles. The Bertz CT molecular complexity index is 491. The summed E-state index contributed by atoms with van der Waals surface area (Å²) in [7, 11) is 1.96. The van der Waals surface area contributed by atoms with Gasteiger partial charge in [-0.25, -0.2) is 0 Å². The van der Waals surface area contributed by atoms with Crippen LogP contribution in [-0.4, -0.2) is 9.78 Å². The number of aryl methyl sites for hydroxylation is 1. The first-order valence-corrected chi connectivity index (χ1v) is 5.93. The third-order valence-corrected chi connectivity index (χ3v) is 3.37. The fourth-order valence-electron chi connectivity index (χ4n) is 1.51. The van der Waals surface area contributed by atoms with E-state index >= 15 is 0 Å². The highest BCUT2D eigenvalue weighted by atomic mass is 79.9. The number of nitrogens with zero attached hydrogens (tertiary/aromatic N) is 2. The molecule has 0 unspecified atom stereocenters. The highest BCUT2D eigenvalue weighted by Gasteiger charge is 2.04. The van der Waals surface area contributed by atoms with Gasteiger partial charge in [0.2, 0.25) is 0 Å². The summed E-state index contributed by atoms with van der Waals surface area (Å²) < 4.78 is 2.97. The standard InChI is InChI=1S/C12H14BrN3/c1-9-10(8-15-16(9)2)7-14-12-6-4-3-5-11(12)13/h3-6,8,14H,7H2,1-2H3. The number of nitrogens with one attached hydrogen (secondary N) is 1. The molecule has 0 spiro atoms. The lowest BCUT2D eigenvalue weighted by molar-refractivity contribution is 0.738. The highest BCUT2D eigenvalue weighted by molar-refractivity contribution is 9.10. The van der Waals surface area contributed by atoms with E-state index in [1.54, 1.807) is 0 Å². The molecular weight excluding hydrogens is 266 g/mol. The van der Waals surface area contributed by atoms with Crippen LogP contribution in [0.1, 0.15) is 11.3 Å². The lowest BCUT2D eigenvalue weighted by atomic mass is 10.2. The molecule has 1 aromatic carbocycles. The number of hydrogen-bond donors (Lipinski definition) is 1. The van der Waals surface area contributed by atoms with E-state index in [-0.39, 0.29) is 0 Å². The zero-order valence-corrected chi connectivity index (χ0v) is 11.0. The van der Waals surface area contributed by atoms with Crippen LogP contribution in [0.2, 0.25) is 0 Å². The maximum atomic E-state index is 4.22. The van der Waals surface area contributed by atoms with Crippen molar-refractivity contribution in [3.63, 3.8) is 0 Å². The van der Waals surface area contributed by atoms with Gasteiger partial charge in [-0.3, -0.25) is 4.68 Å². The zero-order chi connectivity index (χ0) is 11.5. The van der Waals surface area contributed by atoms with Crippen molar-refractivity contribution in [2.75, 3.05) is 5.32 Å². The van der Waals surface area contributed by atoms with Crippen molar-refractivity contribution in [1.82, 2.24) is 9.78 Å². The van der Waals surface area contributed by atoms with Crippen LogP contribution in [0.4, 0.5) is 5.69 Å². The maximum Gasteiger partial charge on any atom is 0.0542 e. The van der Waals surface area contributed by atoms with Crippen molar-refractivity contribution in [2.24, 2.45) is 7.05 Å². The first-order valence-electron chi connectivity index (χ1n) is 5.14. The van der Waals surface area contributed by atoms with E-state index < -0.39 is 0 Å². The number of hydrogen-bond acceptors (Lipinski definition) is 2. The van der Waals surface area contributed by atoms with E-state index in [9.17, 15) is 0 Å². The number of anilines is 1. The second-order valence-corrected chi connectivity index (χ2v) is 4.57. The molecule has 0 atom stereocenters. The molecule has 16 heavy (non-hydrogen) atoms. The Morgan fingerprint density at radius 2 is 2.12 bits per heavy atom.